The maximum atomic E-state index is 13.1. The Hall–Kier alpha value is -1.90. The average Bonchev–Trinajstić information content (AvgIpc) is 3.19. The van der Waals surface area contributed by atoms with E-state index < -0.39 is 18.0 Å². The standard InChI is InChI=1S/C18H26F3N5O/c1-3-4-5-10-16-22-17(13-11-15(18(19,20)21)23-25(13)2)26(24-16)12-8-6-7-9-14(12)27/h11-12,14,27H,3-10H2,1-2H3/t12-,14-/m1/s1. The summed E-state index contributed by atoms with van der Waals surface area (Å²) in [6, 6.07) is 0.733. The van der Waals surface area contributed by atoms with Crippen LogP contribution in [0.3, 0.4) is 0 Å². The van der Waals surface area contributed by atoms with Gasteiger partial charge in [-0.1, -0.05) is 32.6 Å². The lowest BCUT2D eigenvalue weighted by atomic mass is 9.92. The second-order valence-corrected chi connectivity index (χ2v) is 7.21. The van der Waals surface area contributed by atoms with Crippen LogP contribution in [-0.4, -0.2) is 35.8 Å². The Bertz CT molecular complexity index is 768. The monoisotopic (exact) mass is 385 g/mol. The molecule has 1 fully saturated rings. The van der Waals surface area contributed by atoms with Crippen molar-refractivity contribution in [3.8, 4) is 11.5 Å². The van der Waals surface area contributed by atoms with E-state index in [2.05, 4.69) is 22.1 Å². The number of aliphatic hydroxyl groups excluding tert-OH is 1. The van der Waals surface area contributed by atoms with Crippen molar-refractivity contribution in [1.29, 1.82) is 0 Å². The van der Waals surface area contributed by atoms with Crippen molar-refractivity contribution in [2.24, 2.45) is 7.05 Å². The van der Waals surface area contributed by atoms with Gasteiger partial charge in [0.25, 0.3) is 0 Å². The molecule has 0 aliphatic heterocycles. The number of halogens is 3. The van der Waals surface area contributed by atoms with Crippen molar-refractivity contribution in [1.82, 2.24) is 24.5 Å². The summed E-state index contributed by atoms with van der Waals surface area (Å²) in [6.45, 7) is 2.10. The lowest BCUT2D eigenvalue weighted by molar-refractivity contribution is -0.141. The molecular formula is C18H26F3N5O. The van der Waals surface area contributed by atoms with E-state index in [9.17, 15) is 18.3 Å². The number of alkyl halides is 3. The first-order chi connectivity index (χ1) is 12.8. The van der Waals surface area contributed by atoms with Crippen molar-refractivity contribution in [3.05, 3.63) is 17.6 Å². The Kier molecular flexibility index (Phi) is 5.88. The molecule has 9 heteroatoms. The highest BCUT2D eigenvalue weighted by Crippen LogP contribution is 2.34. The molecule has 2 heterocycles. The van der Waals surface area contributed by atoms with Gasteiger partial charge in [0.1, 0.15) is 5.69 Å². The summed E-state index contributed by atoms with van der Waals surface area (Å²) < 4.78 is 42.0. The van der Waals surface area contributed by atoms with E-state index in [1.807, 2.05) is 0 Å². The van der Waals surface area contributed by atoms with E-state index >= 15 is 0 Å². The first kappa shape index (κ1) is 19.9. The second kappa shape index (κ2) is 8.00. The summed E-state index contributed by atoms with van der Waals surface area (Å²) in [5.41, 5.74) is -0.694. The molecule has 0 unspecified atom stereocenters. The molecule has 2 aromatic rings. The van der Waals surface area contributed by atoms with Crippen LogP contribution in [0.1, 0.15) is 69.4 Å². The molecule has 3 rings (SSSR count). The van der Waals surface area contributed by atoms with Gasteiger partial charge in [0, 0.05) is 13.5 Å². The van der Waals surface area contributed by atoms with Crippen LogP contribution in [0.25, 0.3) is 11.5 Å². The highest BCUT2D eigenvalue weighted by atomic mass is 19.4. The van der Waals surface area contributed by atoms with Crippen LogP contribution in [0.15, 0.2) is 6.07 Å². The molecule has 1 aliphatic carbocycles. The highest BCUT2D eigenvalue weighted by Gasteiger charge is 2.36. The van der Waals surface area contributed by atoms with Gasteiger partial charge in [-0.15, -0.1) is 0 Å². The lowest BCUT2D eigenvalue weighted by Crippen LogP contribution is -2.29. The molecule has 1 aliphatic rings. The smallest absolute Gasteiger partial charge is 0.391 e. The summed E-state index contributed by atoms with van der Waals surface area (Å²) in [6.07, 6.45) is 1.89. The Morgan fingerprint density at radius 3 is 2.56 bits per heavy atom. The second-order valence-electron chi connectivity index (χ2n) is 7.21. The number of aromatic nitrogens is 5. The average molecular weight is 385 g/mol. The van der Waals surface area contributed by atoms with Gasteiger partial charge in [-0.25, -0.2) is 9.67 Å². The highest BCUT2D eigenvalue weighted by molar-refractivity contribution is 5.51. The number of aliphatic hydroxyl groups is 1. The van der Waals surface area contributed by atoms with Crippen LogP contribution < -0.4 is 0 Å². The Labute approximate surface area is 156 Å². The molecule has 0 amide bonds. The van der Waals surface area contributed by atoms with Crippen LogP contribution in [0, 0.1) is 0 Å². The summed E-state index contributed by atoms with van der Waals surface area (Å²) in [7, 11) is 1.47. The fraction of sp³-hybridized carbons (Fsp3) is 0.722. The largest absolute Gasteiger partial charge is 0.435 e. The summed E-state index contributed by atoms with van der Waals surface area (Å²) in [5, 5.41) is 18.6. The molecule has 6 nitrogen and oxygen atoms in total. The zero-order chi connectivity index (χ0) is 19.6. The van der Waals surface area contributed by atoms with Gasteiger partial charge in [-0.3, -0.25) is 4.68 Å². The molecule has 150 valence electrons. The first-order valence-corrected chi connectivity index (χ1v) is 9.56. The minimum absolute atomic E-state index is 0.259. The fourth-order valence-electron chi connectivity index (χ4n) is 3.60. The van der Waals surface area contributed by atoms with E-state index in [4.69, 9.17) is 0 Å². The number of nitrogens with zero attached hydrogens (tertiary/aromatic N) is 5. The number of unbranched alkanes of at least 4 members (excludes halogenated alkanes) is 2. The molecular weight excluding hydrogens is 359 g/mol. The number of aryl methyl sites for hydroxylation is 2. The SMILES string of the molecule is CCCCCc1nc(-c2cc(C(F)(F)F)nn2C)n([C@@H]2CCCC[C@H]2O)n1. The maximum Gasteiger partial charge on any atom is 0.435 e. The third-order valence-electron chi connectivity index (χ3n) is 5.09. The van der Waals surface area contributed by atoms with Gasteiger partial charge in [0.05, 0.1) is 12.1 Å². The van der Waals surface area contributed by atoms with E-state index in [1.165, 1.54) is 11.7 Å². The summed E-state index contributed by atoms with van der Waals surface area (Å²) >= 11 is 0. The van der Waals surface area contributed by atoms with Gasteiger partial charge in [0.2, 0.25) is 0 Å². The Morgan fingerprint density at radius 2 is 1.93 bits per heavy atom. The third kappa shape index (κ3) is 4.34. The zero-order valence-corrected chi connectivity index (χ0v) is 15.7. The minimum atomic E-state index is -4.52. The fourth-order valence-corrected chi connectivity index (χ4v) is 3.60. The third-order valence-corrected chi connectivity index (χ3v) is 5.09. The molecule has 0 saturated heterocycles. The topological polar surface area (TPSA) is 68.8 Å². The van der Waals surface area contributed by atoms with Gasteiger partial charge in [-0.05, 0) is 25.3 Å². The molecule has 1 N–H and O–H groups in total. The molecule has 0 spiro atoms. The lowest BCUT2D eigenvalue weighted by Gasteiger charge is -2.28. The zero-order valence-electron chi connectivity index (χ0n) is 15.7. The van der Waals surface area contributed by atoms with Crippen molar-refractivity contribution >= 4 is 0 Å². The molecule has 0 aromatic carbocycles. The molecule has 2 aromatic heterocycles. The summed E-state index contributed by atoms with van der Waals surface area (Å²) in [5.74, 6) is 0.948. The Balaban J connectivity index is 2.00. The van der Waals surface area contributed by atoms with Crippen LogP contribution in [-0.2, 0) is 19.6 Å². The van der Waals surface area contributed by atoms with Crippen molar-refractivity contribution in [2.75, 3.05) is 0 Å². The quantitative estimate of drug-likeness (QED) is 0.766. The molecule has 0 bridgehead atoms. The predicted octanol–water partition coefficient (Wildman–Crippen LogP) is 3.91. The predicted molar refractivity (Wildman–Crippen MR) is 94.0 cm³/mol. The summed E-state index contributed by atoms with van der Waals surface area (Å²) in [4.78, 5) is 4.53. The first-order valence-electron chi connectivity index (χ1n) is 9.56. The van der Waals surface area contributed by atoms with Gasteiger partial charge < -0.3 is 5.11 Å². The van der Waals surface area contributed by atoms with Gasteiger partial charge >= 0.3 is 6.18 Å². The van der Waals surface area contributed by atoms with E-state index in [0.29, 0.717) is 24.5 Å². The van der Waals surface area contributed by atoms with Crippen LogP contribution in [0.5, 0.6) is 0 Å². The number of hydrogen-bond acceptors (Lipinski definition) is 4. The number of rotatable bonds is 6. The van der Waals surface area contributed by atoms with Crippen LogP contribution >= 0.6 is 0 Å². The van der Waals surface area contributed by atoms with Crippen molar-refractivity contribution < 1.29 is 18.3 Å². The van der Waals surface area contributed by atoms with E-state index in [-0.39, 0.29) is 11.7 Å². The molecule has 27 heavy (non-hydrogen) atoms. The van der Waals surface area contributed by atoms with E-state index in [0.717, 1.165) is 44.6 Å². The Morgan fingerprint density at radius 1 is 1.19 bits per heavy atom. The normalized spacial score (nSPS) is 21.0. The van der Waals surface area contributed by atoms with Crippen molar-refractivity contribution in [3.63, 3.8) is 0 Å². The van der Waals surface area contributed by atoms with Crippen LogP contribution in [0.2, 0.25) is 0 Å². The van der Waals surface area contributed by atoms with Crippen LogP contribution in [0.4, 0.5) is 13.2 Å². The van der Waals surface area contributed by atoms with Gasteiger partial charge in [-0.2, -0.15) is 23.4 Å². The van der Waals surface area contributed by atoms with E-state index in [1.54, 1.807) is 4.68 Å². The molecule has 2 atom stereocenters. The maximum absolute atomic E-state index is 13.1. The number of hydrogen-bond donors (Lipinski definition) is 1. The van der Waals surface area contributed by atoms with Crippen molar-refractivity contribution in [2.45, 2.75) is 76.6 Å². The minimum Gasteiger partial charge on any atom is -0.391 e. The molecule has 1 saturated carbocycles. The molecule has 0 radical (unpaired) electrons. The van der Waals surface area contributed by atoms with Gasteiger partial charge in [0.15, 0.2) is 17.3 Å².